The maximum absolute atomic E-state index is 11.4. The lowest BCUT2D eigenvalue weighted by Crippen LogP contribution is -2.13. The number of carboxylic acid groups (broad SMARTS) is 1. The van der Waals surface area contributed by atoms with Crippen molar-refractivity contribution < 1.29 is 19.4 Å². The summed E-state index contributed by atoms with van der Waals surface area (Å²) in [6.07, 6.45) is 2.42. The Morgan fingerprint density at radius 2 is 2.05 bits per heavy atom. The van der Waals surface area contributed by atoms with E-state index < -0.39 is 11.9 Å². The fourth-order valence-electron chi connectivity index (χ4n) is 2.01. The highest BCUT2D eigenvalue weighted by atomic mass is 79.9. The zero-order chi connectivity index (χ0) is 14.4. The Morgan fingerprint density at radius 3 is 2.53 bits per heavy atom. The van der Waals surface area contributed by atoms with Crippen molar-refractivity contribution in [1.29, 1.82) is 0 Å². The van der Waals surface area contributed by atoms with Gasteiger partial charge in [-0.1, -0.05) is 25.8 Å². The molecule has 0 aromatic heterocycles. The smallest absolute Gasteiger partial charge is 0.311 e. The molecule has 0 radical (unpaired) electrons. The van der Waals surface area contributed by atoms with Crippen LogP contribution in [0.15, 0.2) is 16.6 Å². The predicted octanol–water partition coefficient (Wildman–Crippen LogP) is 3.82. The Labute approximate surface area is 121 Å². The lowest BCUT2D eigenvalue weighted by atomic mass is 9.93. The van der Waals surface area contributed by atoms with E-state index in [2.05, 4.69) is 15.9 Å². The van der Waals surface area contributed by atoms with E-state index in [1.807, 2.05) is 6.92 Å². The van der Waals surface area contributed by atoms with Gasteiger partial charge in [0.15, 0.2) is 0 Å². The first kappa shape index (κ1) is 15.8. The number of halogens is 1. The molecule has 1 N–H and O–H groups in total. The van der Waals surface area contributed by atoms with E-state index in [1.54, 1.807) is 19.2 Å². The standard InChI is InChI=1S/C14H19BrO4/c1-4-5-6-10(14(16)17)9-7-8-11(18-2)12(15)13(9)19-3/h7-8,10H,4-6H2,1-3H3,(H,16,17). The second kappa shape index (κ2) is 7.38. The Bertz CT molecular complexity index is 445. The van der Waals surface area contributed by atoms with Crippen LogP contribution in [0.5, 0.6) is 11.5 Å². The molecular weight excluding hydrogens is 312 g/mol. The average Bonchev–Trinajstić information content (AvgIpc) is 2.39. The summed E-state index contributed by atoms with van der Waals surface area (Å²) in [6.45, 7) is 2.04. The summed E-state index contributed by atoms with van der Waals surface area (Å²) in [5.41, 5.74) is 0.677. The van der Waals surface area contributed by atoms with E-state index in [0.29, 0.717) is 28.0 Å². The summed E-state index contributed by atoms with van der Waals surface area (Å²) in [5, 5.41) is 9.39. The monoisotopic (exact) mass is 330 g/mol. The summed E-state index contributed by atoms with van der Waals surface area (Å²) in [4.78, 5) is 11.4. The first-order chi connectivity index (χ1) is 9.06. The van der Waals surface area contributed by atoms with Crippen molar-refractivity contribution in [3.05, 3.63) is 22.2 Å². The molecule has 1 aromatic rings. The average molecular weight is 331 g/mol. The van der Waals surface area contributed by atoms with Crippen molar-refractivity contribution in [1.82, 2.24) is 0 Å². The Hall–Kier alpha value is -1.23. The van der Waals surface area contributed by atoms with E-state index in [-0.39, 0.29) is 0 Å². The third-order valence-corrected chi connectivity index (χ3v) is 3.79. The highest BCUT2D eigenvalue weighted by Gasteiger charge is 2.25. The second-order valence-corrected chi connectivity index (χ2v) is 5.03. The number of methoxy groups -OCH3 is 2. The van der Waals surface area contributed by atoms with Gasteiger partial charge in [-0.25, -0.2) is 0 Å². The molecule has 106 valence electrons. The molecule has 1 atom stereocenters. The molecule has 0 saturated carbocycles. The molecule has 5 heteroatoms. The summed E-state index contributed by atoms with van der Waals surface area (Å²) in [5.74, 6) is -0.232. The number of aliphatic carboxylic acids is 1. The van der Waals surface area contributed by atoms with Crippen molar-refractivity contribution in [2.45, 2.75) is 32.1 Å². The number of ether oxygens (including phenoxy) is 2. The first-order valence-electron chi connectivity index (χ1n) is 6.19. The van der Waals surface area contributed by atoms with Crippen molar-refractivity contribution in [3.63, 3.8) is 0 Å². The SMILES string of the molecule is CCCCC(C(=O)O)c1ccc(OC)c(Br)c1OC. The molecule has 1 aromatic carbocycles. The van der Waals surface area contributed by atoms with Crippen LogP contribution in [0, 0.1) is 0 Å². The zero-order valence-corrected chi connectivity index (χ0v) is 13.0. The van der Waals surface area contributed by atoms with E-state index in [1.165, 1.54) is 7.11 Å². The molecule has 0 fully saturated rings. The van der Waals surface area contributed by atoms with Gasteiger partial charge in [0.05, 0.1) is 20.1 Å². The van der Waals surface area contributed by atoms with E-state index in [9.17, 15) is 9.90 Å². The van der Waals surface area contributed by atoms with Gasteiger partial charge in [0.25, 0.3) is 0 Å². The van der Waals surface area contributed by atoms with Gasteiger partial charge in [-0.05, 0) is 28.4 Å². The fraction of sp³-hybridized carbons (Fsp3) is 0.500. The maximum atomic E-state index is 11.4. The topological polar surface area (TPSA) is 55.8 Å². The third-order valence-electron chi connectivity index (χ3n) is 3.04. The molecule has 0 spiro atoms. The van der Waals surface area contributed by atoms with Crippen molar-refractivity contribution >= 4 is 21.9 Å². The number of hydrogen-bond acceptors (Lipinski definition) is 3. The van der Waals surface area contributed by atoms with Gasteiger partial charge in [0.1, 0.15) is 16.0 Å². The normalized spacial score (nSPS) is 12.0. The molecule has 0 saturated heterocycles. The molecule has 0 amide bonds. The summed E-state index contributed by atoms with van der Waals surface area (Å²) < 4.78 is 11.2. The maximum Gasteiger partial charge on any atom is 0.311 e. The van der Waals surface area contributed by atoms with E-state index in [4.69, 9.17) is 9.47 Å². The molecule has 4 nitrogen and oxygen atoms in total. The van der Waals surface area contributed by atoms with E-state index >= 15 is 0 Å². The molecule has 19 heavy (non-hydrogen) atoms. The van der Waals surface area contributed by atoms with Crippen molar-refractivity contribution in [2.24, 2.45) is 0 Å². The highest BCUT2D eigenvalue weighted by molar-refractivity contribution is 9.10. The number of unbranched alkanes of at least 4 members (excludes halogenated alkanes) is 1. The van der Waals surface area contributed by atoms with Crippen LogP contribution in [-0.2, 0) is 4.79 Å². The number of carboxylic acids is 1. The molecule has 0 aliphatic heterocycles. The van der Waals surface area contributed by atoms with Gasteiger partial charge >= 0.3 is 5.97 Å². The number of hydrogen-bond donors (Lipinski definition) is 1. The second-order valence-electron chi connectivity index (χ2n) is 4.24. The Balaban J connectivity index is 3.22. The van der Waals surface area contributed by atoms with Crippen molar-refractivity contribution in [2.75, 3.05) is 14.2 Å². The summed E-state index contributed by atoms with van der Waals surface area (Å²) >= 11 is 3.40. The van der Waals surface area contributed by atoms with Crippen molar-refractivity contribution in [3.8, 4) is 11.5 Å². The van der Waals surface area contributed by atoms with Gasteiger partial charge in [0, 0.05) is 5.56 Å². The lowest BCUT2D eigenvalue weighted by Gasteiger charge is -2.18. The zero-order valence-electron chi connectivity index (χ0n) is 11.4. The number of rotatable bonds is 7. The van der Waals surface area contributed by atoms with Gasteiger partial charge in [-0.3, -0.25) is 4.79 Å². The lowest BCUT2D eigenvalue weighted by molar-refractivity contribution is -0.139. The predicted molar refractivity (Wildman–Crippen MR) is 77.1 cm³/mol. The van der Waals surface area contributed by atoms with Crippen LogP contribution in [0.2, 0.25) is 0 Å². The molecule has 1 unspecified atom stereocenters. The van der Waals surface area contributed by atoms with E-state index in [0.717, 1.165) is 12.8 Å². The summed E-state index contributed by atoms with van der Waals surface area (Å²) in [7, 11) is 3.09. The molecule has 1 rings (SSSR count). The minimum absolute atomic E-state index is 0.530. The van der Waals surface area contributed by atoms with Gasteiger partial charge in [-0.15, -0.1) is 0 Å². The fourth-order valence-corrected chi connectivity index (χ4v) is 2.70. The third kappa shape index (κ3) is 3.62. The summed E-state index contributed by atoms with van der Waals surface area (Å²) in [6, 6.07) is 3.51. The van der Waals surface area contributed by atoms with Crippen LogP contribution in [-0.4, -0.2) is 25.3 Å². The van der Waals surface area contributed by atoms with Crippen LogP contribution in [0.1, 0.15) is 37.7 Å². The molecule has 0 heterocycles. The van der Waals surface area contributed by atoms with Gasteiger partial charge in [-0.2, -0.15) is 0 Å². The number of carbonyl (C=O) groups is 1. The number of benzene rings is 1. The van der Waals surface area contributed by atoms with Gasteiger partial charge < -0.3 is 14.6 Å². The minimum Gasteiger partial charge on any atom is -0.495 e. The van der Waals surface area contributed by atoms with Crippen LogP contribution >= 0.6 is 15.9 Å². The first-order valence-corrected chi connectivity index (χ1v) is 6.99. The molecular formula is C14H19BrO4. The molecule has 0 bridgehead atoms. The van der Waals surface area contributed by atoms with Crippen LogP contribution in [0.25, 0.3) is 0 Å². The Morgan fingerprint density at radius 1 is 1.37 bits per heavy atom. The molecule has 0 aliphatic carbocycles. The van der Waals surface area contributed by atoms with Gasteiger partial charge in [0.2, 0.25) is 0 Å². The minimum atomic E-state index is -0.830. The van der Waals surface area contributed by atoms with Crippen LogP contribution < -0.4 is 9.47 Å². The largest absolute Gasteiger partial charge is 0.495 e. The Kier molecular flexibility index (Phi) is 6.15. The van der Waals surface area contributed by atoms with Crippen LogP contribution in [0.4, 0.5) is 0 Å². The molecule has 0 aliphatic rings. The highest BCUT2D eigenvalue weighted by Crippen LogP contribution is 2.41. The van der Waals surface area contributed by atoms with Crippen LogP contribution in [0.3, 0.4) is 0 Å². The quantitative estimate of drug-likeness (QED) is 0.825.